The van der Waals surface area contributed by atoms with Crippen LogP contribution < -0.4 is 16.4 Å². The van der Waals surface area contributed by atoms with Gasteiger partial charge in [0.05, 0.1) is 29.5 Å². The van der Waals surface area contributed by atoms with Crippen molar-refractivity contribution in [2.75, 3.05) is 13.2 Å². The normalized spacial score (nSPS) is 22.5. The molecule has 0 radical (unpaired) electrons. The number of nitrogens with one attached hydrogen (secondary N) is 2. The summed E-state index contributed by atoms with van der Waals surface area (Å²) in [5.74, 6) is -3.18. The highest BCUT2D eigenvalue weighted by Crippen LogP contribution is 2.66. The van der Waals surface area contributed by atoms with Gasteiger partial charge in [0, 0.05) is 61.9 Å². The van der Waals surface area contributed by atoms with Crippen molar-refractivity contribution in [2.24, 2.45) is 40.7 Å². The molecule has 2 aromatic carbocycles. The van der Waals surface area contributed by atoms with Crippen LogP contribution in [0.2, 0.25) is 5.82 Å². The highest BCUT2D eigenvalue weighted by atomic mass is 16.7. The van der Waals surface area contributed by atoms with Crippen LogP contribution in [0.1, 0.15) is 182 Å². The Labute approximate surface area is 437 Å². The molecule has 4 fully saturated rings. The Bertz CT molecular complexity index is 2170. The summed E-state index contributed by atoms with van der Waals surface area (Å²) in [5.41, 5.74) is 8.77. The van der Waals surface area contributed by atoms with Gasteiger partial charge in [-0.2, -0.15) is 0 Å². The van der Waals surface area contributed by atoms with Gasteiger partial charge < -0.3 is 35.5 Å². The zero-order valence-corrected chi connectivity index (χ0v) is 46.2. The molecule has 0 spiro atoms. The third-order valence-corrected chi connectivity index (χ3v) is 16.1. The molecule has 4 aliphatic rings. The average molecular weight is 1010 g/mol. The average Bonchev–Trinajstić information content (AvgIpc) is 3.70. The summed E-state index contributed by atoms with van der Waals surface area (Å²) in [7, 11) is -0.747. The largest absolute Gasteiger partial charge is 0.463 e. The first kappa shape index (κ1) is 59.8. The lowest BCUT2D eigenvalue weighted by Gasteiger charge is -2.64. The zero-order chi connectivity index (χ0) is 53.8. The van der Waals surface area contributed by atoms with E-state index in [-0.39, 0.29) is 73.5 Å². The molecule has 0 aromatic heterocycles. The van der Waals surface area contributed by atoms with Crippen molar-refractivity contribution in [3.05, 3.63) is 59.7 Å². The molecule has 5 N–H and O–H groups in total. The quantitative estimate of drug-likeness (QED) is 0.0318. The van der Waals surface area contributed by atoms with Crippen molar-refractivity contribution in [3.8, 4) is 11.1 Å². The van der Waals surface area contributed by atoms with Gasteiger partial charge in [-0.05, 0) is 132 Å². The number of benzene rings is 2. The third-order valence-electron chi connectivity index (χ3n) is 16.1. The Kier molecular flexibility index (Phi) is 21.8. The van der Waals surface area contributed by atoms with Gasteiger partial charge in [0.2, 0.25) is 11.8 Å². The number of aliphatic hydroxyl groups is 1. The number of Topliss-reactive ketones (excluding diaryl/α,β-unsaturated/α-hetero) is 4. The molecule has 404 valence electrons. The van der Waals surface area contributed by atoms with Crippen LogP contribution in [0.15, 0.2) is 48.5 Å². The van der Waals surface area contributed by atoms with Gasteiger partial charge in [-0.1, -0.05) is 103 Å². The molecule has 2 aromatic rings. The number of carbonyl (C=O) groups excluding carboxylic acids is 6. The van der Waals surface area contributed by atoms with Crippen molar-refractivity contribution >= 4 is 42.1 Å². The first-order valence-corrected chi connectivity index (χ1v) is 27.6. The number of hydrogen-bond acceptors (Lipinski definition) is 11. The first-order chi connectivity index (χ1) is 34.4. The molecule has 3 aliphatic carbocycles. The monoisotopic (exact) mass is 1010 g/mol. The second kappa shape index (κ2) is 26.6. The predicted molar refractivity (Wildman–Crippen MR) is 288 cm³/mol. The molecule has 10 atom stereocenters. The second-order valence-electron chi connectivity index (χ2n) is 24.0. The van der Waals surface area contributed by atoms with Crippen molar-refractivity contribution < 1.29 is 47.9 Å². The minimum atomic E-state index is -1.14. The van der Waals surface area contributed by atoms with Crippen LogP contribution in [0.4, 0.5) is 0 Å². The van der Waals surface area contributed by atoms with E-state index in [2.05, 4.69) is 62.6 Å². The van der Waals surface area contributed by atoms with Gasteiger partial charge in [-0.15, -0.1) is 0 Å². The van der Waals surface area contributed by atoms with Crippen molar-refractivity contribution in [1.82, 2.24) is 10.6 Å². The molecule has 1 heterocycles. The number of aryl methyl sites for hydroxylation is 1. The lowest BCUT2D eigenvalue weighted by atomic mass is 9.43. The molecule has 13 nitrogen and oxygen atoms in total. The SMILES string of the molecule is CCCCc1ccc(-c2ccc(C(=O)CCCC(=O)C[C@@H](CCCCN)C(=O)N[C@H](C(=O)C[C@@H](C)C(=O)N[C@@H](CC(C)C)C(=O)C[C@@H](CO)B3OC4C[C@@H]5C[C@@H](C5(C)C)[C@]4(C)O3)[C@@H](C)OC(C)(C)C)cc2)cc1. The highest BCUT2D eigenvalue weighted by Gasteiger charge is 2.68. The second-order valence-corrected chi connectivity index (χ2v) is 24.0. The summed E-state index contributed by atoms with van der Waals surface area (Å²) < 4.78 is 19.3. The molecular formula is C59H90BN3O10. The summed E-state index contributed by atoms with van der Waals surface area (Å²) in [5, 5.41) is 16.4. The predicted octanol–water partition coefficient (Wildman–Crippen LogP) is 9.62. The van der Waals surface area contributed by atoms with Crippen LogP contribution in [0, 0.1) is 35.0 Å². The summed E-state index contributed by atoms with van der Waals surface area (Å²) in [6, 6.07) is 14.1. The number of amides is 2. The molecule has 14 heteroatoms. The van der Waals surface area contributed by atoms with E-state index < -0.39 is 71.8 Å². The fraction of sp³-hybridized carbons (Fsp3) is 0.695. The van der Waals surface area contributed by atoms with Crippen molar-refractivity contribution in [3.63, 3.8) is 0 Å². The molecule has 2 amide bonds. The minimum Gasteiger partial charge on any atom is -0.405 e. The fourth-order valence-electron chi connectivity index (χ4n) is 11.6. The van der Waals surface area contributed by atoms with Gasteiger partial charge in [0.15, 0.2) is 17.3 Å². The molecule has 3 saturated carbocycles. The Morgan fingerprint density at radius 3 is 2.07 bits per heavy atom. The van der Waals surface area contributed by atoms with E-state index in [9.17, 15) is 33.9 Å². The van der Waals surface area contributed by atoms with Gasteiger partial charge in [0.1, 0.15) is 11.8 Å². The summed E-state index contributed by atoms with van der Waals surface area (Å²) >= 11 is 0. The fourth-order valence-corrected chi connectivity index (χ4v) is 11.6. The molecule has 6 rings (SSSR count). The minimum absolute atomic E-state index is 0.0447. The van der Waals surface area contributed by atoms with Gasteiger partial charge in [-0.3, -0.25) is 28.8 Å². The Balaban J connectivity index is 1.18. The number of unbranched alkanes of at least 4 members (excludes halogenated alkanes) is 2. The van der Waals surface area contributed by atoms with E-state index in [1.165, 1.54) is 5.56 Å². The van der Waals surface area contributed by atoms with Crippen molar-refractivity contribution in [2.45, 2.75) is 214 Å². The Hall–Kier alpha value is -4.08. The van der Waals surface area contributed by atoms with Crippen LogP contribution in [-0.4, -0.2) is 95.8 Å². The van der Waals surface area contributed by atoms with E-state index in [1.54, 1.807) is 13.8 Å². The molecule has 2 bridgehead atoms. The lowest BCUT2D eigenvalue weighted by molar-refractivity contribution is -0.199. The maximum Gasteiger partial charge on any atom is 0.463 e. The number of hydrogen-bond donors (Lipinski definition) is 4. The van der Waals surface area contributed by atoms with Crippen LogP contribution >= 0.6 is 0 Å². The summed E-state index contributed by atoms with van der Waals surface area (Å²) in [6.45, 7) is 21.7. The number of ketones is 4. The van der Waals surface area contributed by atoms with Gasteiger partial charge in [-0.25, -0.2) is 0 Å². The molecule has 1 saturated heterocycles. The van der Waals surface area contributed by atoms with Crippen LogP contribution in [0.3, 0.4) is 0 Å². The molecule has 1 unspecified atom stereocenters. The smallest absolute Gasteiger partial charge is 0.405 e. The standard InChI is InChI=1S/C59H90BN3O10/c1-12-13-17-40-21-23-41(24-22-40)42-25-27-43(28-26-42)49(66)20-16-19-47(65)32-44(18-14-15-29-61)56(70)63-54(39(5)71-57(6,7)8)51(68)31-38(4)55(69)62-48(30-37(2)3)50(67)35-46(36-64)60-72-53-34-45-33-52(58(45,9)10)59(53,11)73-60/h21-28,37-39,44-46,48,52-54,64H,12-20,29-36,61H2,1-11H3,(H,62,69)(H,63,70)/t38-,39-,44-,45+,46+,48+,52+,53?,54+,59+/m1/s1. The van der Waals surface area contributed by atoms with Crippen molar-refractivity contribution in [1.29, 1.82) is 0 Å². The number of carbonyl (C=O) groups is 6. The van der Waals surface area contributed by atoms with E-state index in [0.717, 1.165) is 43.2 Å². The first-order valence-electron chi connectivity index (χ1n) is 27.6. The number of ether oxygens (including phenoxy) is 1. The summed E-state index contributed by atoms with van der Waals surface area (Å²) in [4.78, 5) is 83.2. The topological polar surface area (TPSA) is 200 Å². The number of rotatable bonds is 31. The maximum absolute atomic E-state index is 14.3. The van der Waals surface area contributed by atoms with Crippen LogP contribution in [0.5, 0.6) is 0 Å². The lowest BCUT2D eigenvalue weighted by Crippen LogP contribution is -2.65. The Morgan fingerprint density at radius 1 is 0.822 bits per heavy atom. The van der Waals surface area contributed by atoms with E-state index >= 15 is 0 Å². The van der Waals surface area contributed by atoms with E-state index in [1.807, 2.05) is 58.9 Å². The number of aliphatic hydroxyl groups excluding tert-OH is 1. The summed E-state index contributed by atoms with van der Waals surface area (Å²) in [6.07, 6.45) is 6.65. The highest BCUT2D eigenvalue weighted by molar-refractivity contribution is 6.48. The van der Waals surface area contributed by atoms with Crippen LogP contribution in [-0.2, 0) is 44.4 Å². The van der Waals surface area contributed by atoms with Gasteiger partial charge in [0.25, 0.3) is 0 Å². The zero-order valence-electron chi connectivity index (χ0n) is 46.2. The van der Waals surface area contributed by atoms with E-state index in [0.29, 0.717) is 56.0 Å². The Morgan fingerprint density at radius 2 is 1.48 bits per heavy atom. The third kappa shape index (κ3) is 16.2. The molecule has 1 aliphatic heterocycles. The van der Waals surface area contributed by atoms with Crippen LogP contribution in [0.25, 0.3) is 11.1 Å². The van der Waals surface area contributed by atoms with E-state index in [4.69, 9.17) is 19.8 Å². The number of nitrogens with two attached hydrogens (primary N) is 1. The van der Waals surface area contributed by atoms with Gasteiger partial charge >= 0.3 is 7.12 Å². The molecular weight excluding hydrogens is 921 g/mol. The molecule has 73 heavy (non-hydrogen) atoms. The maximum atomic E-state index is 14.3.